The third kappa shape index (κ3) is 4.22. The second kappa shape index (κ2) is 8.58. The molecular weight excluding hydrogens is 452 g/mol. The molecule has 2 aromatic rings. The van der Waals surface area contributed by atoms with E-state index in [1.165, 1.54) is 22.6 Å². The van der Waals surface area contributed by atoms with Gasteiger partial charge in [0.2, 0.25) is 10.0 Å². The van der Waals surface area contributed by atoms with Gasteiger partial charge in [-0.3, -0.25) is 4.68 Å². The topological polar surface area (TPSA) is 90.2 Å². The monoisotopic (exact) mass is 471 g/mol. The highest BCUT2D eigenvalue weighted by Gasteiger charge is 2.26. The zero-order chi connectivity index (χ0) is 23.0. The predicted molar refractivity (Wildman–Crippen MR) is 115 cm³/mol. The average Bonchev–Trinajstić information content (AvgIpc) is 3.25. The van der Waals surface area contributed by atoms with Crippen LogP contribution in [0.25, 0.3) is 22.8 Å². The number of fused-ring (bicyclic) bond motifs is 1. The maximum atomic E-state index is 14.1. The first-order valence-electron chi connectivity index (χ1n) is 10.2. The van der Waals surface area contributed by atoms with E-state index in [1.54, 1.807) is 35.1 Å². The van der Waals surface area contributed by atoms with Gasteiger partial charge in [0, 0.05) is 13.1 Å². The first kappa shape index (κ1) is 21.6. The molecular formula is C22H19F2N5O3S. The number of imidazole rings is 1. The van der Waals surface area contributed by atoms with E-state index in [2.05, 4.69) is 15.1 Å². The molecule has 0 spiro atoms. The minimum atomic E-state index is -3.56. The van der Waals surface area contributed by atoms with Crippen LogP contribution in [0.2, 0.25) is 0 Å². The van der Waals surface area contributed by atoms with E-state index in [0.29, 0.717) is 44.2 Å². The Morgan fingerprint density at radius 3 is 2.45 bits per heavy atom. The molecule has 170 valence electrons. The number of nitrogens with zero attached hydrogens (tertiary/aromatic N) is 5. The standard InChI is InChI=1S/C22H19F2N5O3S/c23-18-3-1-2-17(21(18)24)22-26-19-12-25-28(14-20(19)27-22)13-15-4-6-16(7-5-15)33(30,31)29-8-10-32-11-9-29/h1-7,12,14H,8-11,13H2. The van der Waals surface area contributed by atoms with E-state index >= 15 is 0 Å². The van der Waals surface area contributed by atoms with Crippen molar-refractivity contribution >= 4 is 10.0 Å². The van der Waals surface area contributed by atoms with Gasteiger partial charge in [-0.1, -0.05) is 18.2 Å². The molecule has 3 heterocycles. The van der Waals surface area contributed by atoms with Crippen molar-refractivity contribution in [3.05, 3.63) is 72.1 Å². The molecule has 0 bridgehead atoms. The summed E-state index contributed by atoms with van der Waals surface area (Å²) in [5.41, 5.74) is 1.76. The molecule has 0 atom stereocenters. The summed E-state index contributed by atoms with van der Waals surface area (Å²) >= 11 is 0. The van der Waals surface area contributed by atoms with Gasteiger partial charge in [-0.05, 0) is 29.8 Å². The molecule has 33 heavy (non-hydrogen) atoms. The van der Waals surface area contributed by atoms with Crippen molar-refractivity contribution < 1.29 is 21.9 Å². The lowest BCUT2D eigenvalue weighted by Gasteiger charge is -2.26. The first-order chi connectivity index (χ1) is 15.9. The fourth-order valence-electron chi connectivity index (χ4n) is 3.63. The van der Waals surface area contributed by atoms with Gasteiger partial charge in [0.05, 0.1) is 42.6 Å². The van der Waals surface area contributed by atoms with Crippen LogP contribution in [0.15, 0.2) is 59.8 Å². The number of aromatic nitrogens is 4. The lowest BCUT2D eigenvalue weighted by Crippen LogP contribution is -2.40. The van der Waals surface area contributed by atoms with Crippen LogP contribution < -0.4 is 0 Å². The maximum absolute atomic E-state index is 14.1. The summed E-state index contributed by atoms with van der Waals surface area (Å²) < 4.78 is 61.4. The highest BCUT2D eigenvalue weighted by Crippen LogP contribution is 2.27. The van der Waals surface area contributed by atoms with Gasteiger partial charge in [-0.2, -0.15) is 9.40 Å². The van der Waals surface area contributed by atoms with Crippen molar-refractivity contribution in [2.24, 2.45) is 0 Å². The highest BCUT2D eigenvalue weighted by atomic mass is 32.2. The second-order valence-corrected chi connectivity index (χ2v) is 9.49. The van der Waals surface area contributed by atoms with E-state index in [0.717, 1.165) is 11.6 Å². The van der Waals surface area contributed by atoms with Crippen molar-refractivity contribution in [1.82, 2.24) is 24.1 Å². The Balaban J connectivity index is 1.36. The Kier molecular flexibility index (Phi) is 5.60. The Labute approximate surface area is 188 Å². The molecule has 2 aromatic carbocycles. The minimum Gasteiger partial charge on any atom is -0.379 e. The Hall–Kier alpha value is -3.28. The normalized spacial score (nSPS) is 15.2. The quantitative estimate of drug-likeness (QED) is 0.445. The lowest BCUT2D eigenvalue weighted by atomic mass is 10.2. The minimum absolute atomic E-state index is 0.0187. The van der Waals surface area contributed by atoms with Gasteiger partial charge in [0.15, 0.2) is 17.5 Å². The number of rotatable bonds is 5. The van der Waals surface area contributed by atoms with Crippen LogP contribution in [0, 0.1) is 11.6 Å². The molecule has 0 aromatic heterocycles. The molecule has 0 N–H and O–H groups in total. The summed E-state index contributed by atoms with van der Waals surface area (Å²) in [5.74, 6) is -1.88. The van der Waals surface area contributed by atoms with E-state index in [-0.39, 0.29) is 16.3 Å². The van der Waals surface area contributed by atoms with Crippen molar-refractivity contribution in [2.45, 2.75) is 11.4 Å². The third-order valence-electron chi connectivity index (χ3n) is 5.38. The number of ether oxygens (including phenoxy) is 1. The Morgan fingerprint density at radius 1 is 0.970 bits per heavy atom. The van der Waals surface area contributed by atoms with Gasteiger partial charge in [-0.25, -0.2) is 27.2 Å². The molecule has 0 unspecified atom stereocenters. The van der Waals surface area contributed by atoms with Crippen molar-refractivity contribution in [3.8, 4) is 22.8 Å². The average molecular weight is 471 g/mol. The molecule has 3 aliphatic heterocycles. The molecule has 8 nitrogen and oxygen atoms in total. The largest absolute Gasteiger partial charge is 0.379 e. The van der Waals surface area contributed by atoms with E-state index in [9.17, 15) is 17.2 Å². The summed E-state index contributed by atoms with van der Waals surface area (Å²) in [4.78, 5) is 8.78. The molecule has 0 aliphatic carbocycles. The van der Waals surface area contributed by atoms with Crippen LogP contribution in [0.5, 0.6) is 0 Å². The van der Waals surface area contributed by atoms with E-state index < -0.39 is 21.7 Å². The zero-order valence-corrected chi connectivity index (χ0v) is 18.2. The lowest BCUT2D eigenvalue weighted by molar-refractivity contribution is 0.0730. The molecule has 1 fully saturated rings. The maximum Gasteiger partial charge on any atom is 0.243 e. The molecule has 11 heteroatoms. The Bertz CT molecular complexity index is 1370. The van der Waals surface area contributed by atoms with Crippen LogP contribution in [-0.2, 0) is 21.3 Å². The molecule has 0 radical (unpaired) electrons. The predicted octanol–water partition coefficient (Wildman–Crippen LogP) is 2.79. The van der Waals surface area contributed by atoms with E-state index in [4.69, 9.17) is 4.74 Å². The van der Waals surface area contributed by atoms with Crippen LogP contribution in [0.4, 0.5) is 8.78 Å². The molecule has 1 saturated heterocycles. The highest BCUT2D eigenvalue weighted by molar-refractivity contribution is 7.89. The van der Waals surface area contributed by atoms with Crippen molar-refractivity contribution in [1.29, 1.82) is 0 Å². The first-order valence-corrected chi connectivity index (χ1v) is 11.7. The molecule has 0 saturated carbocycles. The van der Waals surface area contributed by atoms with Crippen molar-refractivity contribution in [3.63, 3.8) is 0 Å². The molecule has 0 amide bonds. The zero-order valence-electron chi connectivity index (χ0n) is 17.4. The number of sulfonamides is 1. The van der Waals surface area contributed by atoms with Gasteiger partial charge in [0.1, 0.15) is 11.4 Å². The van der Waals surface area contributed by atoms with Gasteiger partial charge >= 0.3 is 0 Å². The number of morpholine rings is 1. The fourth-order valence-corrected chi connectivity index (χ4v) is 5.04. The summed E-state index contributed by atoms with van der Waals surface area (Å²) in [7, 11) is -3.56. The summed E-state index contributed by atoms with van der Waals surface area (Å²) in [6, 6.07) is 10.5. The number of hydrogen-bond donors (Lipinski definition) is 0. The van der Waals surface area contributed by atoms with Gasteiger partial charge in [-0.15, -0.1) is 0 Å². The second-order valence-electron chi connectivity index (χ2n) is 7.55. The fraction of sp³-hybridized carbons (Fsp3) is 0.227. The van der Waals surface area contributed by atoms with Gasteiger partial charge in [0.25, 0.3) is 0 Å². The van der Waals surface area contributed by atoms with Crippen molar-refractivity contribution in [2.75, 3.05) is 26.3 Å². The smallest absolute Gasteiger partial charge is 0.243 e. The number of benzene rings is 2. The Morgan fingerprint density at radius 2 is 1.70 bits per heavy atom. The van der Waals surface area contributed by atoms with E-state index in [1.807, 2.05) is 0 Å². The summed E-state index contributed by atoms with van der Waals surface area (Å²) in [5, 5.41) is 4.30. The third-order valence-corrected chi connectivity index (χ3v) is 7.30. The van der Waals surface area contributed by atoms with Crippen LogP contribution >= 0.6 is 0 Å². The SMILES string of the molecule is O=S(=O)(c1ccc(Cn2cc3nc(-c4cccc(F)c4F)nc-3cn2)cc1)N1CCOCC1. The molecule has 3 aliphatic rings. The summed E-state index contributed by atoms with van der Waals surface area (Å²) in [6.07, 6.45) is 3.15. The number of halogens is 2. The summed E-state index contributed by atoms with van der Waals surface area (Å²) in [6.45, 7) is 1.82. The van der Waals surface area contributed by atoms with Crippen LogP contribution in [0.3, 0.4) is 0 Å². The van der Waals surface area contributed by atoms with Crippen LogP contribution in [0.1, 0.15) is 5.56 Å². The molecule has 5 rings (SSSR count). The van der Waals surface area contributed by atoms with Gasteiger partial charge < -0.3 is 4.74 Å². The number of hydrogen-bond acceptors (Lipinski definition) is 6. The van der Waals surface area contributed by atoms with Crippen LogP contribution in [-0.4, -0.2) is 58.8 Å².